The van der Waals surface area contributed by atoms with E-state index in [0.717, 1.165) is 17.8 Å². The SMILES string of the molecule is CN(C)Cc1ccc(-c2noc(C(C)(C)c3ccn[nH]3)n2)cc1. The van der Waals surface area contributed by atoms with E-state index >= 15 is 0 Å². The minimum Gasteiger partial charge on any atom is -0.338 e. The molecule has 120 valence electrons. The first-order chi connectivity index (χ1) is 11.0. The molecule has 0 bridgehead atoms. The molecular formula is C17H21N5O. The van der Waals surface area contributed by atoms with Crippen molar-refractivity contribution in [1.82, 2.24) is 25.2 Å². The van der Waals surface area contributed by atoms with Crippen molar-refractivity contribution < 1.29 is 4.52 Å². The van der Waals surface area contributed by atoms with Crippen molar-refractivity contribution in [3.05, 3.63) is 53.7 Å². The number of benzene rings is 1. The van der Waals surface area contributed by atoms with Crippen molar-refractivity contribution in [1.29, 1.82) is 0 Å². The summed E-state index contributed by atoms with van der Waals surface area (Å²) in [5.41, 5.74) is 2.73. The Morgan fingerprint density at radius 2 is 1.87 bits per heavy atom. The van der Waals surface area contributed by atoms with E-state index in [4.69, 9.17) is 4.52 Å². The Hall–Kier alpha value is -2.47. The van der Waals surface area contributed by atoms with Crippen molar-refractivity contribution in [3.8, 4) is 11.4 Å². The van der Waals surface area contributed by atoms with E-state index in [1.165, 1.54) is 5.56 Å². The number of nitrogens with zero attached hydrogens (tertiary/aromatic N) is 4. The zero-order valence-corrected chi connectivity index (χ0v) is 13.9. The molecule has 0 spiro atoms. The lowest BCUT2D eigenvalue weighted by Crippen LogP contribution is -2.20. The molecular weight excluding hydrogens is 290 g/mol. The molecule has 0 fully saturated rings. The molecule has 2 heterocycles. The van der Waals surface area contributed by atoms with Crippen LogP contribution in [-0.2, 0) is 12.0 Å². The highest BCUT2D eigenvalue weighted by Gasteiger charge is 2.31. The van der Waals surface area contributed by atoms with Crippen LogP contribution in [0.5, 0.6) is 0 Å². The maximum absolute atomic E-state index is 5.49. The topological polar surface area (TPSA) is 70.8 Å². The second-order valence-corrected chi connectivity index (χ2v) is 6.45. The molecule has 0 aliphatic carbocycles. The summed E-state index contributed by atoms with van der Waals surface area (Å²) in [6, 6.07) is 10.1. The zero-order valence-electron chi connectivity index (χ0n) is 13.9. The van der Waals surface area contributed by atoms with Crippen molar-refractivity contribution in [2.45, 2.75) is 25.8 Å². The van der Waals surface area contributed by atoms with Crippen LogP contribution < -0.4 is 0 Å². The minimum absolute atomic E-state index is 0.410. The van der Waals surface area contributed by atoms with Crippen LogP contribution in [0.1, 0.15) is 31.0 Å². The van der Waals surface area contributed by atoms with Crippen LogP contribution >= 0.6 is 0 Å². The van der Waals surface area contributed by atoms with Gasteiger partial charge in [-0.3, -0.25) is 5.10 Å². The van der Waals surface area contributed by atoms with Crippen LogP contribution in [0.15, 0.2) is 41.1 Å². The summed E-state index contributed by atoms with van der Waals surface area (Å²) in [6.45, 7) is 4.96. The van der Waals surface area contributed by atoms with Crippen LogP contribution in [0, 0.1) is 0 Å². The smallest absolute Gasteiger partial charge is 0.238 e. The van der Waals surface area contributed by atoms with Crippen LogP contribution in [0.2, 0.25) is 0 Å². The maximum Gasteiger partial charge on any atom is 0.238 e. The zero-order chi connectivity index (χ0) is 16.4. The van der Waals surface area contributed by atoms with E-state index in [2.05, 4.69) is 51.5 Å². The average Bonchev–Trinajstić information content (AvgIpc) is 3.20. The van der Waals surface area contributed by atoms with Crippen molar-refractivity contribution in [2.75, 3.05) is 14.1 Å². The number of hydrogen-bond acceptors (Lipinski definition) is 5. The Bertz CT molecular complexity index is 757. The van der Waals surface area contributed by atoms with Gasteiger partial charge in [0.25, 0.3) is 0 Å². The van der Waals surface area contributed by atoms with Gasteiger partial charge in [-0.05, 0) is 39.6 Å². The highest BCUT2D eigenvalue weighted by Crippen LogP contribution is 2.30. The third kappa shape index (κ3) is 3.17. The highest BCUT2D eigenvalue weighted by atomic mass is 16.5. The van der Waals surface area contributed by atoms with Crippen LogP contribution in [0.25, 0.3) is 11.4 Å². The van der Waals surface area contributed by atoms with Gasteiger partial charge in [0.05, 0.1) is 11.1 Å². The lowest BCUT2D eigenvalue weighted by molar-refractivity contribution is 0.329. The molecule has 1 aromatic carbocycles. The van der Waals surface area contributed by atoms with E-state index < -0.39 is 5.41 Å². The molecule has 0 unspecified atom stereocenters. The van der Waals surface area contributed by atoms with Gasteiger partial charge in [0.2, 0.25) is 11.7 Å². The molecule has 0 aliphatic rings. The predicted molar refractivity (Wildman–Crippen MR) is 87.8 cm³/mol. The van der Waals surface area contributed by atoms with Crippen molar-refractivity contribution >= 4 is 0 Å². The molecule has 0 aliphatic heterocycles. The Balaban J connectivity index is 1.84. The maximum atomic E-state index is 5.49. The minimum atomic E-state index is -0.410. The second-order valence-electron chi connectivity index (χ2n) is 6.45. The molecule has 0 radical (unpaired) electrons. The quantitative estimate of drug-likeness (QED) is 0.784. The van der Waals surface area contributed by atoms with E-state index in [0.29, 0.717) is 11.7 Å². The third-order valence-corrected chi connectivity index (χ3v) is 3.85. The summed E-state index contributed by atoms with van der Waals surface area (Å²) >= 11 is 0. The van der Waals surface area contributed by atoms with E-state index in [1.54, 1.807) is 6.20 Å². The summed E-state index contributed by atoms with van der Waals surface area (Å²) in [5.74, 6) is 1.16. The van der Waals surface area contributed by atoms with E-state index in [9.17, 15) is 0 Å². The van der Waals surface area contributed by atoms with Crippen LogP contribution in [0.4, 0.5) is 0 Å². The molecule has 6 heteroatoms. The molecule has 3 rings (SSSR count). The summed E-state index contributed by atoms with van der Waals surface area (Å²) in [6.07, 6.45) is 1.72. The van der Waals surface area contributed by atoms with Gasteiger partial charge >= 0.3 is 0 Å². The molecule has 3 aromatic rings. The average molecular weight is 311 g/mol. The Morgan fingerprint density at radius 3 is 2.48 bits per heavy atom. The van der Waals surface area contributed by atoms with Gasteiger partial charge in [-0.15, -0.1) is 0 Å². The monoisotopic (exact) mass is 311 g/mol. The fourth-order valence-corrected chi connectivity index (χ4v) is 2.44. The molecule has 0 saturated carbocycles. The molecule has 6 nitrogen and oxygen atoms in total. The normalized spacial score (nSPS) is 12.0. The number of hydrogen-bond donors (Lipinski definition) is 1. The molecule has 2 aromatic heterocycles. The summed E-state index contributed by atoms with van der Waals surface area (Å²) in [7, 11) is 4.10. The predicted octanol–water partition coefficient (Wildman–Crippen LogP) is 2.85. The largest absolute Gasteiger partial charge is 0.338 e. The first kappa shape index (κ1) is 15.4. The van der Waals surface area contributed by atoms with Crippen molar-refractivity contribution in [3.63, 3.8) is 0 Å². The van der Waals surface area contributed by atoms with Crippen LogP contribution in [0.3, 0.4) is 0 Å². The molecule has 0 saturated heterocycles. The number of aromatic nitrogens is 4. The summed E-state index contributed by atoms with van der Waals surface area (Å²) < 4.78 is 5.49. The number of aromatic amines is 1. The Kier molecular flexibility index (Phi) is 4.00. The summed E-state index contributed by atoms with van der Waals surface area (Å²) in [4.78, 5) is 6.70. The summed E-state index contributed by atoms with van der Waals surface area (Å²) in [5, 5.41) is 11.1. The van der Waals surface area contributed by atoms with Gasteiger partial charge in [-0.25, -0.2) is 0 Å². The molecule has 0 atom stereocenters. The number of H-pyrrole nitrogens is 1. The first-order valence-corrected chi connectivity index (χ1v) is 7.55. The Labute approximate surface area is 135 Å². The first-order valence-electron chi connectivity index (χ1n) is 7.55. The number of nitrogens with one attached hydrogen (secondary N) is 1. The molecule has 23 heavy (non-hydrogen) atoms. The van der Waals surface area contributed by atoms with Gasteiger partial charge in [0, 0.05) is 18.3 Å². The standard InChI is InChI=1S/C17H21N5O/c1-17(2,14-9-10-18-20-14)16-19-15(21-23-16)13-7-5-12(6-8-13)11-22(3)4/h5-10H,11H2,1-4H3,(H,18,20). The second kappa shape index (κ2) is 5.96. The van der Waals surface area contributed by atoms with E-state index in [-0.39, 0.29) is 0 Å². The van der Waals surface area contributed by atoms with Gasteiger partial charge in [-0.1, -0.05) is 29.4 Å². The van der Waals surface area contributed by atoms with Crippen LogP contribution in [-0.4, -0.2) is 39.3 Å². The number of rotatable bonds is 5. The molecule has 1 N–H and O–H groups in total. The van der Waals surface area contributed by atoms with Crippen molar-refractivity contribution in [2.24, 2.45) is 0 Å². The van der Waals surface area contributed by atoms with Gasteiger partial charge in [-0.2, -0.15) is 10.1 Å². The fraction of sp³-hybridized carbons (Fsp3) is 0.353. The lowest BCUT2D eigenvalue weighted by Gasteiger charge is -2.17. The van der Waals surface area contributed by atoms with E-state index in [1.807, 2.05) is 32.0 Å². The lowest BCUT2D eigenvalue weighted by atomic mass is 9.89. The molecule has 0 amide bonds. The van der Waals surface area contributed by atoms with Gasteiger partial charge < -0.3 is 9.42 Å². The highest BCUT2D eigenvalue weighted by molar-refractivity contribution is 5.54. The Morgan fingerprint density at radius 1 is 1.13 bits per heavy atom. The third-order valence-electron chi connectivity index (χ3n) is 3.85. The fourth-order valence-electron chi connectivity index (χ4n) is 2.44. The van der Waals surface area contributed by atoms with Gasteiger partial charge in [0.15, 0.2) is 0 Å². The van der Waals surface area contributed by atoms with Gasteiger partial charge in [0.1, 0.15) is 0 Å².